The Morgan fingerprint density at radius 1 is 1.17 bits per heavy atom. The summed E-state index contributed by atoms with van der Waals surface area (Å²) in [6.45, 7) is 9.09. The number of amides is 1. The van der Waals surface area contributed by atoms with Gasteiger partial charge in [-0.25, -0.2) is 9.50 Å². The van der Waals surface area contributed by atoms with Crippen molar-refractivity contribution in [3.63, 3.8) is 0 Å². The number of aromatic nitrogens is 3. The second kappa shape index (κ2) is 8.64. The van der Waals surface area contributed by atoms with Crippen molar-refractivity contribution in [3.05, 3.63) is 47.8 Å². The van der Waals surface area contributed by atoms with Gasteiger partial charge in [0.05, 0.1) is 18.5 Å². The van der Waals surface area contributed by atoms with E-state index in [1.54, 1.807) is 17.7 Å². The average molecular weight is 395 g/mol. The SMILES string of the molecule is CCCCCNC(=O)c1cc(-c2cccc(OC)c2)nc2cc(C(C)(C)C)nn12. The molecular weight excluding hydrogens is 364 g/mol. The molecule has 1 amide bonds. The molecule has 3 rings (SSSR count). The maximum absolute atomic E-state index is 13.0. The van der Waals surface area contributed by atoms with E-state index in [1.165, 1.54) is 0 Å². The molecule has 0 bridgehead atoms. The second-order valence-electron chi connectivity index (χ2n) is 8.27. The van der Waals surface area contributed by atoms with Crippen molar-refractivity contribution in [2.24, 2.45) is 0 Å². The van der Waals surface area contributed by atoms with Crippen LogP contribution in [0.25, 0.3) is 16.9 Å². The number of hydrogen-bond donors (Lipinski definition) is 1. The number of nitrogens with one attached hydrogen (secondary N) is 1. The summed E-state index contributed by atoms with van der Waals surface area (Å²) in [4.78, 5) is 17.7. The van der Waals surface area contributed by atoms with Crippen molar-refractivity contribution < 1.29 is 9.53 Å². The Bertz CT molecular complexity index is 1000. The smallest absolute Gasteiger partial charge is 0.270 e. The van der Waals surface area contributed by atoms with Gasteiger partial charge in [-0.15, -0.1) is 0 Å². The number of unbranched alkanes of at least 4 members (excludes halogenated alkanes) is 2. The van der Waals surface area contributed by atoms with Crippen LogP contribution in [-0.2, 0) is 5.41 Å². The molecule has 0 aliphatic carbocycles. The Labute approximate surface area is 172 Å². The fourth-order valence-corrected chi connectivity index (χ4v) is 3.10. The minimum absolute atomic E-state index is 0.138. The predicted octanol–water partition coefficient (Wildman–Crippen LogP) is 4.62. The number of rotatable bonds is 7. The molecule has 0 atom stereocenters. The molecule has 0 fully saturated rings. The van der Waals surface area contributed by atoms with E-state index in [0.29, 0.717) is 17.9 Å². The summed E-state index contributed by atoms with van der Waals surface area (Å²) < 4.78 is 6.99. The third-order valence-electron chi connectivity index (χ3n) is 4.86. The number of fused-ring (bicyclic) bond motifs is 1. The molecule has 0 aliphatic rings. The number of methoxy groups -OCH3 is 1. The summed E-state index contributed by atoms with van der Waals surface area (Å²) >= 11 is 0. The lowest BCUT2D eigenvalue weighted by Gasteiger charge is -2.13. The van der Waals surface area contributed by atoms with Crippen LogP contribution in [0.4, 0.5) is 0 Å². The number of carbonyl (C=O) groups excluding carboxylic acids is 1. The molecule has 0 saturated heterocycles. The zero-order chi connectivity index (χ0) is 21.0. The quantitative estimate of drug-likeness (QED) is 0.594. The van der Waals surface area contributed by atoms with Gasteiger partial charge >= 0.3 is 0 Å². The lowest BCUT2D eigenvalue weighted by atomic mass is 9.93. The van der Waals surface area contributed by atoms with Gasteiger partial charge in [-0.3, -0.25) is 4.79 Å². The fourth-order valence-electron chi connectivity index (χ4n) is 3.10. The third-order valence-corrected chi connectivity index (χ3v) is 4.86. The number of carbonyl (C=O) groups is 1. The molecular formula is C23H30N4O2. The molecule has 1 aromatic carbocycles. The van der Waals surface area contributed by atoms with E-state index in [9.17, 15) is 4.79 Å². The molecule has 2 heterocycles. The topological polar surface area (TPSA) is 68.5 Å². The first-order chi connectivity index (χ1) is 13.8. The summed E-state index contributed by atoms with van der Waals surface area (Å²) in [5, 5.41) is 7.71. The van der Waals surface area contributed by atoms with E-state index >= 15 is 0 Å². The van der Waals surface area contributed by atoms with Crippen molar-refractivity contribution in [1.82, 2.24) is 19.9 Å². The van der Waals surface area contributed by atoms with Gasteiger partial charge in [0.1, 0.15) is 11.4 Å². The van der Waals surface area contributed by atoms with Crippen LogP contribution in [0.5, 0.6) is 5.75 Å². The highest BCUT2D eigenvalue weighted by molar-refractivity contribution is 5.94. The van der Waals surface area contributed by atoms with Crippen LogP contribution in [0.1, 0.15) is 63.1 Å². The Morgan fingerprint density at radius 2 is 1.97 bits per heavy atom. The normalized spacial score (nSPS) is 11.6. The van der Waals surface area contributed by atoms with Crippen molar-refractivity contribution in [2.45, 2.75) is 52.4 Å². The molecule has 0 spiro atoms. The van der Waals surface area contributed by atoms with E-state index in [2.05, 4.69) is 38.1 Å². The monoisotopic (exact) mass is 394 g/mol. The third kappa shape index (κ3) is 4.75. The summed E-state index contributed by atoms with van der Waals surface area (Å²) in [7, 11) is 1.64. The van der Waals surface area contributed by atoms with E-state index in [0.717, 1.165) is 42.0 Å². The first-order valence-corrected chi connectivity index (χ1v) is 10.2. The minimum atomic E-state index is -0.140. The van der Waals surface area contributed by atoms with Gasteiger partial charge in [-0.05, 0) is 24.6 Å². The molecule has 154 valence electrons. The van der Waals surface area contributed by atoms with Gasteiger partial charge in [0, 0.05) is 23.6 Å². The molecule has 6 heteroatoms. The highest BCUT2D eigenvalue weighted by Crippen LogP contribution is 2.26. The summed E-state index contributed by atoms with van der Waals surface area (Å²) in [6.07, 6.45) is 3.17. The Hall–Kier alpha value is -2.89. The van der Waals surface area contributed by atoms with Crippen molar-refractivity contribution in [1.29, 1.82) is 0 Å². The van der Waals surface area contributed by atoms with Gasteiger partial charge in [0.2, 0.25) is 0 Å². The van der Waals surface area contributed by atoms with E-state index in [4.69, 9.17) is 9.72 Å². The maximum Gasteiger partial charge on any atom is 0.270 e. The van der Waals surface area contributed by atoms with Gasteiger partial charge in [0.25, 0.3) is 5.91 Å². The lowest BCUT2D eigenvalue weighted by molar-refractivity contribution is 0.0945. The second-order valence-corrected chi connectivity index (χ2v) is 8.27. The number of ether oxygens (including phenoxy) is 1. The molecule has 6 nitrogen and oxygen atoms in total. The van der Waals surface area contributed by atoms with Gasteiger partial charge < -0.3 is 10.1 Å². The van der Waals surface area contributed by atoms with Crippen LogP contribution in [0, 0.1) is 0 Å². The predicted molar refractivity (Wildman–Crippen MR) is 116 cm³/mol. The summed E-state index contributed by atoms with van der Waals surface area (Å²) in [6, 6.07) is 11.4. The van der Waals surface area contributed by atoms with Crippen LogP contribution in [0.3, 0.4) is 0 Å². The minimum Gasteiger partial charge on any atom is -0.497 e. The largest absolute Gasteiger partial charge is 0.497 e. The Kier molecular flexibility index (Phi) is 6.20. The lowest BCUT2D eigenvalue weighted by Crippen LogP contribution is -2.27. The van der Waals surface area contributed by atoms with Crippen molar-refractivity contribution in [3.8, 4) is 17.0 Å². The van der Waals surface area contributed by atoms with Crippen molar-refractivity contribution in [2.75, 3.05) is 13.7 Å². The summed E-state index contributed by atoms with van der Waals surface area (Å²) in [5.41, 5.74) is 3.51. The highest BCUT2D eigenvalue weighted by Gasteiger charge is 2.22. The van der Waals surface area contributed by atoms with Gasteiger partial charge in [0.15, 0.2) is 5.65 Å². The maximum atomic E-state index is 13.0. The number of nitrogens with zero attached hydrogens (tertiary/aromatic N) is 3. The molecule has 0 saturated carbocycles. The highest BCUT2D eigenvalue weighted by atomic mass is 16.5. The van der Waals surface area contributed by atoms with E-state index in [1.807, 2.05) is 30.3 Å². The molecule has 0 aliphatic heterocycles. The average Bonchev–Trinajstić information content (AvgIpc) is 3.15. The van der Waals surface area contributed by atoms with E-state index < -0.39 is 0 Å². The Balaban J connectivity index is 2.07. The molecule has 1 N–H and O–H groups in total. The van der Waals surface area contributed by atoms with Crippen LogP contribution >= 0.6 is 0 Å². The first kappa shape index (κ1) is 20.8. The van der Waals surface area contributed by atoms with Crippen LogP contribution in [0.2, 0.25) is 0 Å². The first-order valence-electron chi connectivity index (χ1n) is 10.2. The van der Waals surface area contributed by atoms with Crippen LogP contribution in [-0.4, -0.2) is 34.2 Å². The summed E-state index contributed by atoms with van der Waals surface area (Å²) in [5.74, 6) is 0.611. The zero-order valence-corrected chi connectivity index (χ0v) is 18.0. The molecule has 29 heavy (non-hydrogen) atoms. The van der Waals surface area contributed by atoms with Crippen LogP contribution < -0.4 is 10.1 Å². The fraction of sp³-hybridized carbons (Fsp3) is 0.435. The van der Waals surface area contributed by atoms with Gasteiger partial charge in [-0.2, -0.15) is 5.10 Å². The van der Waals surface area contributed by atoms with Gasteiger partial charge in [-0.1, -0.05) is 52.7 Å². The zero-order valence-electron chi connectivity index (χ0n) is 18.0. The number of benzene rings is 1. The molecule has 0 unspecified atom stereocenters. The number of hydrogen-bond acceptors (Lipinski definition) is 4. The van der Waals surface area contributed by atoms with Crippen LogP contribution in [0.15, 0.2) is 36.4 Å². The molecule has 2 aromatic heterocycles. The molecule has 3 aromatic rings. The Morgan fingerprint density at radius 3 is 2.66 bits per heavy atom. The standard InChI is InChI=1S/C23H30N4O2/c1-6-7-8-12-24-22(28)19-14-18(16-10-9-11-17(13-16)29-5)25-21-15-20(23(2,3)4)26-27(19)21/h9-11,13-15H,6-8,12H2,1-5H3,(H,24,28). The van der Waals surface area contributed by atoms with E-state index in [-0.39, 0.29) is 11.3 Å². The molecule has 0 radical (unpaired) electrons. The van der Waals surface area contributed by atoms with Crippen molar-refractivity contribution >= 4 is 11.6 Å².